The number of hydrogen-bond donors (Lipinski definition) is 3. The first-order valence-electron chi connectivity index (χ1n) is 12.4. The first-order chi connectivity index (χ1) is 19.3. The molecule has 0 atom stereocenters. The predicted octanol–water partition coefficient (Wildman–Crippen LogP) is 3.65. The van der Waals surface area contributed by atoms with E-state index in [2.05, 4.69) is 37.2 Å². The van der Waals surface area contributed by atoms with E-state index in [9.17, 15) is 9.18 Å². The lowest BCUT2D eigenvalue weighted by atomic mass is 10.0. The van der Waals surface area contributed by atoms with Crippen LogP contribution in [0.2, 0.25) is 0 Å². The highest BCUT2D eigenvalue weighted by Gasteiger charge is 2.25. The summed E-state index contributed by atoms with van der Waals surface area (Å²) in [5.41, 5.74) is 7.93. The number of piperidine rings is 1. The van der Waals surface area contributed by atoms with Crippen molar-refractivity contribution in [1.29, 1.82) is 0 Å². The lowest BCUT2D eigenvalue weighted by Crippen LogP contribution is -2.45. The number of nitrogens with zero attached hydrogens (tertiary/aromatic N) is 6. The number of nitrogens with two attached hydrogens (primary N) is 1. The molecule has 3 aromatic rings. The maximum Gasteiger partial charge on any atom is 0.322 e. The smallest absolute Gasteiger partial charge is 0.322 e. The summed E-state index contributed by atoms with van der Waals surface area (Å²) in [6, 6.07) is 6.04. The molecule has 0 radical (unpaired) electrons. The maximum atomic E-state index is 15.2. The second-order valence-corrected chi connectivity index (χ2v) is 8.93. The zero-order valence-electron chi connectivity index (χ0n) is 22.1. The normalized spacial score (nSPS) is 14.3. The molecule has 2 aromatic heterocycles. The fourth-order valence-corrected chi connectivity index (χ4v) is 4.09. The van der Waals surface area contributed by atoms with Crippen LogP contribution in [0.4, 0.5) is 20.5 Å². The van der Waals surface area contributed by atoms with Crippen LogP contribution in [0, 0.1) is 12.7 Å². The largest absolute Gasteiger partial charge is 0.421 e. The van der Waals surface area contributed by atoms with E-state index in [-0.39, 0.29) is 23.8 Å². The van der Waals surface area contributed by atoms with E-state index >= 15 is 4.39 Å². The Kier molecular flexibility index (Phi) is 8.94. The summed E-state index contributed by atoms with van der Waals surface area (Å²) in [4.78, 5) is 34.9. The molecule has 11 nitrogen and oxygen atoms in total. The zero-order valence-corrected chi connectivity index (χ0v) is 22.1. The first kappa shape index (κ1) is 28.1. The minimum atomic E-state index is -1.03. The Morgan fingerprint density at radius 2 is 2.02 bits per heavy atom. The highest BCUT2D eigenvalue weighted by Crippen LogP contribution is 2.34. The fraction of sp³-hybridized carbons (Fsp3) is 0.259. The van der Waals surface area contributed by atoms with Gasteiger partial charge in [0.05, 0.1) is 5.70 Å². The van der Waals surface area contributed by atoms with Crippen LogP contribution < -0.4 is 26.0 Å². The van der Waals surface area contributed by atoms with Crippen LogP contribution in [-0.2, 0) is 4.79 Å². The van der Waals surface area contributed by atoms with Crippen molar-refractivity contribution in [2.24, 2.45) is 10.7 Å². The number of aryl methyl sites for hydroxylation is 1. The average Bonchev–Trinajstić information content (AvgIpc) is 2.94. The molecule has 4 N–H and O–H groups in total. The summed E-state index contributed by atoms with van der Waals surface area (Å²) < 4.78 is 33.8. The van der Waals surface area contributed by atoms with Crippen molar-refractivity contribution < 1.29 is 18.3 Å². The molecule has 3 heterocycles. The molecule has 0 saturated carbocycles. The molecular weight excluding hydrogens is 520 g/mol. The molecular formula is C27H29F2N9O2. The number of aromatic nitrogens is 4. The number of amides is 1. The molecule has 0 aliphatic carbocycles. The highest BCUT2D eigenvalue weighted by atomic mass is 19.1. The van der Waals surface area contributed by atoms with Crippen molar-refractivity contribution in [3.05, 3.63) is 72.5 Å². The monoisotopic (exact) mass is 549 g/mol. The molecule has 40 heavy (non-hydrogen) atoms. The van der Waals surface area contributed by atoms with Crippen LogP contribution in [0.15, 0.2) is 66.0 Å². The summed E-state index contributed by atoms with van der Waals surface area (Å²) >= 11 is 0. The molecule has 0 unspecified atom stereocenters. The van der Waals surface area contributed by atoms with Gasteiger partial charge < -0.3 is 26.0 Å². The highest BCUT2D eigenvalue weighted by molar-refractivity contribution is 5.90. The summed E-state index contributed by atoms with van der Waals surface area (Å²) in [5.74, 6) is -1.69. The zero-order chi connectivity index (χ0) is 28.6. The summed E-state index contributed by atoms with van der Waals surface area (Å²) in [6.07, 6.45) is 7.06. The van der Waals surface area contributed by atoms with Gasteiger partial charge in [-0.1, -0.05) is 12.6 Å². The topological polar surface area (TPSA) is 144 Å². The van der Waals surface area contributed by atoms with Gasteiger partial charge in [-0.05, 0) is 43.5 Å². The average molecular weight is 550 g/mol. The van der Waals surface area contributed by atoms with Crippen molar-refractivity contribution >= 4 is 23.9 Å². The lowest BCUT2D eigenvalue weighted by molar-refractivity contribution is -0.119. The summed E-state index contributed by atoms with van der Waals surface area (Å²) in [5, 5.41) is 5.65. The summed E-state index contributed by atoms with van der Waals surface area (Å²) in [7, 11) is 1.61. The molecule has 0 bridgehead atoms. The van der Waals surface area contributed by atoms with E-state index < -0.39 is 17.6 Å². The second-order valence-electron chi connectivity index (χ2n) is 8.93. The number of anilines is 2. The Morgan fingerprint density at radius 1 is 1.25 bits per heavy atom. The lowest BCUT2D eigenvalue weighted by Gasteiger charge is -2.34. The third kappa shape index (κ3) is 6.92. The predicted molar refractivity (Wildman–Crippen MR) is 148 cm³/mol. The van der Waals surface area contributed by atoms with Gasteiger partial charge in [0.15, 0.2) is 17.4 Å². The number of carbonyl (C=O) groups is 1. The molecule has 1 aliphatic rings. The molecule has 1 amide bonds. The quantitative estimate of drug-likeness (QED) is 0.269. The molecule has 1 aliphatic heterocycles. The van der Waals surface area contributed by atoms with Crippen LogP contribution in [-0.4, -0.2) is 58.2 Å². The number of carbonyl (C=O) groups excluding carboxylic acids is 1. The second kappa shape index (κ2) is 12.7. The first-order valence-corrected chi connectivity index (χ1v) is 12.4. The Labute approximate surface area is 229 Å². The summed E-state index contributed by atoms with van der Waals surface area (Å²) in [6.45, 7) is 5.82. The van der Waals surface area contributed by atoms with E-state index in [1.807, 2.05) is 4.90 Å². The van der Waals surface area contributed by atoms with E-state index in [0.29, 0.717) is 54.3 Å². The number of nitrogens with one attached hydrogen (secondary N) is 2. The van der Waals surface area contributed by atoms with Crippen molar-refractivity contribution in [2.45, 2.75) is 25.8 Å². The van der Waals surface area contributed by atoms with Crippen LogP contribution >= 0.6 is 0 Å². The number of hydrogen-bond acceptors (Lipinski definition) is 10. The van der Waals surface area contributed by atoms with E-state index in [4.69, 9.17) is 15.5 Å². The van der Waals surface area contributed by atoms with Gasteiger partial charge in [-0.25, -0.2) is 23.7 Å². The van der Waals surface area contributed by atoms with Gasteiger partial charge >= 0.3 is 6.01 Å². The number of rotatable bonds is 9. The van der Waals surface area contributed by atoms with Gasteiger partial charge in [0.25, 0.3) is 5.91 Å². The van der Waals surface area contributed by atoms with Gasteiger partial charge in [-0.3, -0.25) is 9.79 Å². The van der Waals surface area contributed by atoms with Gasteiger partial charge in [0, 0.05) is 62.2 Å². The van der Waals surface area contributed by atoms with Crippen molar-refractivity contribution in [1.82, 2.24) is 25.3 Å². The molecule has 1 aromatic carbocycles. The van der Waals surface area contributed by atoms with E-state index in [1.54, 1.807) is 32.3 Å². The number of halogens is 2. The van der Waals surface area contributed by atoms with Gasteiger partial charge in [-0.2, -0.15) is 4.98 Å². The number of benzene rings is 1. The van der Waals surface area contributed by atoms with Crippen molar-refractivity contribution in [2.75, 3.05) is 30.4 Å². The van der Waals surface area contributed by atoms with Gasteiger partial charge in [0.1, 0.15) is 5.82 Å². The Hall–Kier alpha value is -4.94. The SMILES string of the molecule is C=C(F)C(=O)NC1CCN(c2nc(NC(C=NC)=CN)ncc2-c2ccc(Oc3nccc(C)n3)c(F)c2)CC1. The van der Waals surface area contributed by atoms with Crippen molar-refractivity contribution in [3.8, 4) is 22.9 Å². The molecule has 13 heteroatoms. The number of ether oxygens (including phenoxy) is 1. The minimum Gasteiger partial charge on any atom is -0.421 e. The molecule has 4 rings (SSSR count). The number of aliphatic imine (C=N–C) groups is 1. The Balaban J connectivity index is 1.63. The van der Waals surface area contributed by atoms with Crippen LogP contribution in [0.25, 0.3) is 11.1 Å². The Bertz CT molecular complexity index is 1450. The third-order valence-electron chi connectivity index (χ3n) is 6.07. The third-order valence-corrected chi connectivity index (χ3v) is 6.07. The molecule has 208 valence electrons. The van der Waals surface area contributed by atoms with Crippen LogP contribution in [0.1, 0.15) is 18.5 Å². The van der Waals surface area contributed by atoms with E-state index in [1.165, 1.54) is 30.7 Å². The van der Waals surface area contributed by atoms with Crippen LogP contribution in [0.3, 0.4) is 0 Å². The molecule has 1 fully saturated rings. The minimum absolute atomic E-state index is 0.0299. The van der Waals surface area contributed by atoms with Crippen molar-refractivity contribution in [3.63, 3.8) is 0 Å². The van der Waals surface area contributed by atoms with E-state index in [0.717, 1.165) is 0 Å². The fourth-order valence-electron chi connectivity index (χ4n) is 4.09. The van der Waals surface area contributed by atoms with Gasteiger partial charge in [0.2, 0.25) is 5.95 Å². The number of allylic oxidation sites excluding steroid dienone is 1. The van der Waals surface area contributed by atoms with Gasteiger partial charge in [-0.15, -0.1) is 0 Å². The standard InChI is InChI=1S/C27H29F2N9O2/c1-16-6-9-32-27(34-16)40-23-5-4-18(12-22(23)29)21-15-33-26(36-20(13-30)14-31-3)37-24(21)38-10-7-19(8-11-38)35-25(39)17(2)28/h4-6,9,12-15,19H,2,7-8,10-11,30H2,1,3H3,(H,35,39)(H,33,36,37). The van der Waals surface area contributed by atoms with Crippen LogP contribution in [0.5, 0.6) is 11.8 Å². The Morgan fingerprint density at radius 3 is 2.67 bits per heavy atom. The molecule has 1 saturated heterocycles. The maximum absolute atomic E-state index is 15.2. The molecule has 0 spiro atoms.